The van der Waals surface area contributed by atoms with E-state index in [4.69, 9.17) is 14.2 Å². The largest absolute Gasteiger partial charge is 0.493 e. The average Bonchev–Trinajstić information content (AvgIpc) is 2.45. The molecule has 1 aromatic carbocycles. The first-order chi connectivity index (χ1) is 10.0. The Morgan fingerprint density at radius 2 is 1.67 bits per heavy atom. The van der Waals surface area contributed by atoms with Crippen LogP contribution in [0.4, 0.5) is 0 Å². The molecule has 6 heteroatoms. The number of nitrogens with one attached hydrogen (secondary N) is 2. The van der Waals surface area contributed by atoms with Crippen molar-refractivity contribution >= 4 is 5.91 Å². The number of methoxy groups -OCH3 is 3. The second-order valence-electron chi connectivity index (χ2n) is 4.86. The van der Waals surface area contributed by atoms with Crippen molar-refractivity contribution in [2.24, 2.45) is 0 Å². The van der Waals surface area contributed by atoms with E-state index in [-0.39, 0.29) is 18.5 Å². The molecule has 0 aliphatic heterocycles. The molecule has 0 aliphatic carbocycles. The molecule has 1 aromatic rings. The molecule has 21 heavy (non-hydrogen) atoms. The summed E-state index contributed by atoms with van der Waals surface area (Å²) in [5.74, 6) is 1.72. The monoisotopic (exact) mass is 296 g/mol. The smallest absolute Gasteiger partial charge is 0.234 e. The number of amides is 1. The van der Waals surface area contributed by atoms with Crippen LogP contribution in [-0.2, 0) is 11.3 Å². The summed E-state index contributed by atoms with van der Waals surface area (Å²) < 4.78 is 15.8. The van der Waals surface area contributed by atoms with Gasteiger partial charge in [-0.25, -0.2) is 0 Å². The van der Waals surface area contributed by atoms with Crippen LogP contribution >= 0.6 is 0 Å². The van der Waals surface area contributed by atoms with E-state index < -0.39 is 0 Å². The summed E-state index contributed by atoms with van der Waals surface area (Å²) in [6, 6.07) is 3.85. The molecule has 2 N–H and O–H groups in total. The summed E-state index contributed by atoms with van der Waals surface area (Å²) in [6.07, 6.45) is 0. The lowest BCUT2D eigenvalue weighted by atomic mass is 10.1. The van der Waals surface area contributed by atoms with Crippen molar-refractivity contribution in [2.45, 2.75) is 26.4 Å². The summed E-state index contributed by atoms with van der Waals surface area (Å²) in [4.78, 5) is 11.5. The lowest BCUT2D eigenvalue weighted by Crippen LogP contribution is -2.37. The molecule has 0 saturated heterocycles. The fourth-order valence-corrected chi connectivity index (χ4v) is 1.93. The van der Waals surface area contributed by atoms with Gasteiger partial charge in [0.05, 0.1) is 27.9 Å². The van der Waals surface area contributed by atoms with Crippen molar-refractivity contribution in [1.82, 2.24) is 10.6 Å². The van der Waals surface area contributed by atoms with Crippen LogP contribution in [0.3, 0.4) is 0 Å². The maximum atomic E-state index is 11.5. The van der Waals surface area contributed by atoms with Gasteiger partial charge >= 0.3 is 0 Å². The summed E-state index contributed by atoms with van der Waals surface area (Å²) in [6.45, 7) is 4.64. The number of benzene rings is 1. The Kier molecular flexibility index (Phi) is 6.81. The third kappa shape index (κ3) is 5.15. The van der Waals surface area contributed by atoms with Crippen LogP contribution in [0.25, 0.3) is 0 Å². The van der Waals surface area contributed by atoms with Gasteiger partial charge in [-0.1, -0.05) is 0 Å². The van der Waals surface area contributed by atoms with Gasteiger partial charge in [-0.15, -0.1) is 0 Å². The van der Waals surface area contributed by atoms with E-state index in [0.29, 0.717) is 23.8 Å². The molecule has 0 bridgehead atoms. The minimum atomic E-state index is -0.0301. The number of carbonyl (C=O) groups is 1. The Balaban J connectivity index is 2.69. The minimum absolute atomic E-state index is 0.0301. The normalized spacial score (nSPS) is 10.4. The Bertz CT molecular complexity index is 450. The summed E-state index contributed by atoms with van der Waals surface area (Å²) >= 11 is 0. The Hall–Kier alpha value is -1.95. The van der Waals surface area contributed by atoms with Gasteiger partial charge in [0, 0.05) is 12.6 Å². The highest BCUT2D eigenvalue weighted by molar-refractivity contribution is 5.78. The highest BCUT2D eigenvalue weighted by Gasteiger charge is 2.13. The van der Waals surface area contributed by atoms with Crippen molar-refractivity contribution in [3.8, 4) is 17.2 Å². The molecule has 6 nitrogen and oxygen atoms in total. The van der Waals surface area contributed by atoms with Crippen LogP contribution < -0.4 is 24.8 Å². The van der Waals surface area contributed by atoms with E-state index >= 15 is 0 Å². The third-order valence-electron chi connectivity index (χ3n) is 2.79. The Labute approximate surface area is 125 Å². The van der Waals surface area contributed by atoms with Gasteiger partial charge in [0.15, 0.2) is 11.5 Å². The predicted molar refractivity (Wildman–Crippen MR) is 81.1 cm³/mol. The van der Waals surface area contributed by atoms with Gasteiger partial charge in [0.2, 0.25) is 11.7 Å². The van der Waals surface area contributed by atoms with Gasteiger partial charge in [0.25, 0.3) is 0 Å². The number of hydrogen-bond acceptors (Lipinski definition) is 5. The average molecular weight is 296 g/mol. The van der Waals surface area contributed by atoms with Crippen molar-refractivity contribution in [3.05, 3.63) is 17.7 Å². The second kappa shape index (κ2) is 8.36. The standard InChI is InChI=1S/C15H24N2O4/c1-10(2)17-14(18)9-16-8-11-6-12(19-3)15(21-5)13(7-11)20-4/h6-7,10,16H,8-9H2,1-5H3,(H,17,18). The van der Waals surface area contributed by atoms with Gasteiger partial charge in [-0.3, -0.25) is 4.79 Å². The van der Waals surface area contributed by atoms with Gasteiger partial charge in [-0.05, 0) is 31.5 Å². The summed E-state index contributed by atoms with van der Waals surface area (Å²) in [5.41, 5.74) is 0.946. The molecule has 0 saturated carbocycles. The minimum Gasteiger partial charge on any atom is -0.493 e. The molecule has 0 fully saturated rings. The van der Waals surface area contributed by atoms with Crippen molar-refractivity contribution < 1.29 is 19.0 Å². The van der Waals surface area contributed by atoms with E-state index in [1.165, 1.54) is 0 Å². The fourth-order valence-electron chi connectivity index (χ4n) is 1.93. The number of rotatable bonds is 8. The van der Waals surface area contributed by atoms with Crippen LogP contribution in [-0.4, -0.2) is 39.8 Å². The van der Waals surface area contributed by atoms with E-state index in [9.17, 15) is 4.79 Å². The zero-order valence-electron chi connectivity index (χ0n) is 13.3. The SMILES string of the molecule is COc1cc(CNCC(=O)NC(C)C)cc(OC)c1OC. The van der Waals surface area contributed by atoms with Crippen molar-refractivity contribution in [1.29, 1.82) is 0 Å². The number of carbonyl (C=O) groups excluding carboxylic acids is 1. The second-order valence-corrected chi connectivity index (χ2v) is 4.86. The predicted octanol–water partition coefficient (Wildman–Crippen LogP) is 1.33. The van der Waals surface area contributed by atoms with Crippen LogP contribution in [0, 0.1) is 0 Å². The molecule has 0 atom stereocenters. The molecular formula is C15H24N2O4. The first-order valence-electron chi connectivity index (χ1n) is 6.80. The molecule has 0 spiro atoms. The van der Waals surface area contributed by atoms with Crippen LogP contribution in [0.5, 0.6) is 17.2 Å². The zero-order valence-corrected chi connectivity index (χ0v) is 13.3. The molecule has 0 radical (unpaired) electrons. The lowest BCUT2D eigenvalue weighted by molar-refractivity contribution is -0.120. The van der Waals surface area contributed by atoms with Gasteiger partial charge in [-0.2, -0.15) is 0 Å². The fraction of sp³-hybridized carbons (Fsp3) is 0.533. The topological polar surface area (TPSA) is 68.8 Å². The highest BCUT2D eigenvalue weighted by Crippen LogP contribution is 2.38. The summed E-state index contributed by atoms with van der Waals surface area (Å²) in [7, 11) is 4.71. The zero-order chi connectivity index (χ0) is 15.8. The van der Waals surface area contributed by atoms with Crippen LogP contribution in [0.1, 0.15) is 19.4 Å². The first-order valence-corrected chi connectivity index (χ1v) is 6.80. The highest BCUT2D eigenvalue weighted by atomic mass is 16.5. The van der Waals surface area contributed by atoms with E-state index in [0.717, 1.165) is 5.56 Å². The molecule has 118 valence electrons. The third-order valence-corrected chi connectivity index (χ3v) is 2.79. The molecule has 0 aromatic heterocycles. The molecule has 1 amide bonds. The number of ether oxygens (including phenoxy) is 3. The van der Waals surface area contributed by atoms with Crippen LogP contribution in [0.15, 0.2) is 12.1 Å². The Morgan fingerprint density at radius 3 is 2.10 bits per heavy atom. The van der Waals surface area contributed by atoms with Gasteiger partial charge in [0.1, 0.15) is 0 Å². The van der Waals surface area contributed by atoms with E-state index in [1.54, 1.807) is 21.3 Å². The maximum absolute atomic E-state index is 11.5. The Morgan fingerprint density at radius 1 is 1.10 bits per heavy atom. The van der Waals surface area contributed by atoms with Gasteiger partial charge < -0.3 is 24.8 Å². The van der Waals surface area contributed by atoms with E-state index in [1.807, 2.05) is 26.0 Å². The summed E-state index contributed by atoms with van der Waals surface area (Å²) in [5, 5.41) is 5.90. The maximum Gasteiger partial charge on any atom is 0.234 e. The quantitative estimate of drug-likeness (QED) is 0.757. The molecule has 0 aliphatic rings. The first kappa shape index (κ1) is 17.1. The van der Waals surface area contributed by atoms with Crippen molar-refractivity contribution in [3.63, 3.8) is 0 Å². The molecule has 0 heterocycles. The van der Waals surface area contributed by atoms with E-state index in [2.05, 4.69) is 10.6 Å². The van der Waals surface area contributed by atoms with Crippen LogP contribution in [0.2, 0.25) is 0 Å². The van der Waals surface area contributed by atoms with Crippen molar-refractivity contribution in [2.75, 3.05) is 27.9 Å². The number of hydrogen-bond donors (Lipinski definition) is 2. The molecular weight excluding hydrogens is 272 g/mol. The molecule has 1 rings (SSSR count). The lowest BCUT2D eigenvalue weighted by Gasteiger charge is -2.14. The molecule has 0 unspecified atom stereocenters.